The molecule has 0 radical (unpaired) electrons. The van der Waals surface area contributed by atoms with Crippen molar-refractivity contribution in [3.63, 3.8) is 0 Å². The Balaban J connectivity index is 1.76. The normalized spacial score (nSPS) is 12.9. The summed E-state index contributed by atoms with van der Waals surface area (Å²) in [6.45, 7) is 4.53. The Morgan fingerprint density at radius 3 is 2.50 bits per heavy atom. The molecular formula is C22H24N2O4. The van der Waals surface area contributed by atoms with Crippen molar-refractivity contribution in [1.29, 1.82) is 0 Å². The maximum absolute atomic E-state index is 12.4. The van der Waals surface area contributed by atoms with Crippen LogP contribution >= 0.6 is 0 Å². The summed E-state index contributed by atoms with van der Waals surface area (Å²) in [7, 11) is 0. The molecule has 0 saturated carbocycles. The number of ketones is 1. The molecule has 1 aliphatic heterocycles. The number of fused-ring (bicyclic) bond motifs is 1. The summed E-state index contributed by atoms with van der Waals surface area (Å²) in [6.07, 6.45) is 1.98. The Labute approximate surface area is 164 Å². The van der Waals surface area contributed by atoms with Crippen molar-refractivity contribution in [3.05, 3.63) is 59.2 Å². The molecule has 6 nitrogen and oxygen atoms in total. The summed E-state index contributed by atoms with van der Waals surface area (Å²) in [5, 5.41) is 2.89. The summed E-state index contributed by atoms with van der Waals surface area (Å²) in [6, 6.07) is 12.3. The summed E-state index contributed by atoms with van der Waals surface area (Å²) < 4.78 is 5.48. The number of nitrogens with one attached hydrogen (secondary N) is 1. The topological polar surface area (TPSA) is 75.7 Å². The third-order valence-corrected chi connectivity index (χ3v) is 4.68. The first-order valence-electron chi connectivity index (χ1n) is 9.45. The molecule has 0 unspecified atom stereocenters. The highest BCUT2D eigenvalue weighted by atomic mass is 16.5. The lowest BCUT2D eigenvalue weighted by Crippen LogP contribution is -2.38. The first kappa shape index (κ1) is 19.6. The van der Waals surface area contributed by atoms with E-state index in [1.165, 1.54) is 6.92 Å². The van der Waals surface area contributed by atoms with E-state index in [2.05, 4.69) is 12.2 Å². The molecule has 3 rings (SSSR count). The van der Waals surface area contributed by atoms with Crippen LogP contribution in [0.25, 0.3) is 0 Å². The molecule has 6 heteroatoms. The van der Waals surface area contributed by atoms with Gasteiger partial charge in [0.05, 0.1) is 12.2 Å². The fraction of sp³-hybridized carbons (Fsp3) is 0.318. The predicted octanol–water partition coefficient (Wildman–Crippen LogP) is 3.34. The molecule has 2 aromatic carbocycles. The van der Waals surface area contributed by atoms with E-state index < -0.39 is 0 Å². The molecule has 28 heavy (non-hydrogen) atoms. The van der Waals surface area contributed by atoms with Crippen LogP contribution in [-0.2, 0) is 11.3 Å². The summed E-state index contributed by atoms with van der Waals surface area (Å²) in [5.74, 6) is 0.240. The van der Waals surface area contributed by atoms with E-state index in [0.717, 1.165) is 18.4 Å². The van der Waals surface area contributed by atoms with Gasteiger partial charge in [-0.2, -0.15) is 0 Å². The van der Waals surface area contributed by atoms with Gasteiger partial charge in [0, 0.05) is 17.7 Å². The van der Waals surface area contributed by atoms with E-state index >= 15 is 0 Å². The number of hydrogen-bond donors (Lipinski definition) is 1. The van der Waals surface area contributed by atoms with E-state index in [1.54, 1.807) is 35.2 Å². The van der Waals surface area contributed by atoms with Crippen LogP contribution in [-0.4, -0.2) is 30.7 Å². The molecular weight excluding hydrogens is 356 g/mol. The van der Waals surface area contributed by atoms with E-state index in [-0.39, 0.29) is 24.2 Å². The lowest BCUT2D eigenvalue weighted by atomic mass is 10.1. The largest absolute Gasteiger partial charge is 0.482 e. The summed E-state index contributed by atoms with van der Waals surface area (Å²) in [5.41, 5.74) is 2.60. The van der Waals surface area contributed by atoms with E-state index in [0.29, 0.717) is 35.7 Å². The maximum Gasteiger partial charge on any atom is 0.265 e. The summed E-state index contributed by atoms with van der Waals surface area (Å²) in [4.78, 5) is 37.8. The Morgan fingerprint density at radius 1 is 1.11 bits per heavy atom. The van der Waals surface area contributed by atoms with Crippen LogP contribution in [0.5, 0.6) is 5.75 Å². The average molecular weight is 380 g/mol. The van der Waals surface area contributed by atoms with Crippen LogP contribution in [0.3, 0.4) is 0 Å². The van der Waals surface area contributed by atoms with Crippen LogP contribution in [0, 0.1) is 0 Å². The van der Waals surface area contributed by atoms with Gasteiger partial charge >= 0.3 is 0 Å². The minimum atomic E-state index is -0.172. The second-order valence-corrected chi connectivity index (χ2v) is 6.81. The van der Waals surface area contributed by atoms with Crippen LogP contribution in [0.15, 0.2) is 42.5 Å². The monoisotopic (exact) mass is 380 g/mol. The van der Waals surface area contributed by atoms with Gasteiger partial charge in [0.25, 0.3) is 11.8 Å². The number of anilines is 1. The van der Waals surface area contributed by atoms with Gasteiger partial charge in [0.15, 0.2) is 12.4 Å². The number of hydrogen-bond acceptors (Lipinski definition) is 4. The number of carbonyl (C=O) groups is 3. The van der Waals surface area contributed by atoms with Crippen LogP contribution in [0.1, 0.15) is 53.0 Å². The molecule has 1 heterocycles. The minimum Gasteiger partial charge on any atom is -0.482 e. The van der Waals surface area contributed by atoms with E-state index in [4.69, 9.17) is 4.74 Å². The van der Waals surface area contributed by atoms with Crippen molar-refractivity contribution in [2.24, 2.45) is 0 Å². The first-order valence-corrected chi connectivity index (χ1v) is 9.45. The van der Waals surface area contributed by atoms with Gasteiger partial charge in [-0.05, 0) is 49.2 Å². The van der Waals surface area contributed by atoms with Gasteiger partial charge in [-0.1, -0.05) is 25.5 Å². The second kappa shape index (κ2) is 8.69. The van der Waals surface area contributed by atoms with Crippen molar-refractivity contribution >= 4 is 23.3 Å². The van der Waals surface area contributed by atoms with Crippen molar-refractivity contribution in [3.8, 4) is 5.75 Å². The number of nitrogens with zero attached hydrogens (tertiary/aromatic N) is 1. The SMILES string of the molecule is CCCCNC(=O)c1ccc(CN2C(=O)COc3ccc(C(C)=O)cc32)cc1. The Morgan fingerprint density at radius 2 is 1.82 bits per heavy atom. The fourth-order valence-corrected chi connectivity index (χ4v) is 3.02. The number of unbranched alkanes of at least 4 members (excludes halogenated alkanes) is 1. The lowest BCUT2D eigenvalue weighted by molar-refractivity contribution is -0.121. The smallest absolute Gasteiger partial charge is 0.265 e. The quantitative estimate of drug-likeness (QED) is 0.590. The number of rotatable bonds is 7. The van der Waals surface area contributed by atoms with Crippen molar-refractivity contribution in [2.45, 2.75) is 33.2 Å². The predicted molar refractivity (Wildman–Crippen MR) is 107 cm³/mol. The third kappa shape index (κ3) is 4.39. The number of carbonyl (C=O) groups excluding carboxylic acids is 3. The Bertz CT molecular complexity index is 890. The van der Waals surface area contributed by atoms with Gasteiger partial charge in [0.2, 0.25) is 0 Å². The third-order valence-electron chi connectivity index (χ3n) is 4.68. The van der Waals surface area contributed by atoms with Gasteiger partial charge < -0.3 is 15.0 Å². The second-order valence-electron chi connectivity index (χ2n) is 6.81. The van der Waals surface area contributed by atoms with Crippen LogP contribution < -0.4 is 15.0 Å². The molecule has 0 atom stereocenters. The molecule has 0 saturated heterocycles. The lowest BCUT2D eigenvalue weighted by Gasteiger charge is -2.29. The molecule has 0 aromatic heterocycles. The zero-order valence-electron chi connectivity index (χ0n) is 16.2. The fourth-order valence-electron chi connectivity index (χ4n) is 3.02. The molecule has 2 amide bonds. The van der Waals surface area contributed by atoms with E-state index in [1.807, 2.05) is 12.1 Å². The first-order chi connectivity index (χ1) is 13.5. The average Bonchev–Trinajstić information content (AvgIpc) is 2.70. The van der Waals surface area contributed by atoms with Crippen molar-refractivity contribution in [1.82, 2.24) is 5.32 Å². The number of benzene rings is 2. The van der Waals surface area contributed by atoms with Crippen LogP contribution in [0.4, 0.5) is 5.69 Å². The molecule has 146 valence electrons. The zero-order chi connectivity index (χ0) is 20.1. The van der Waals surface area contributed by atoms with Crippen molar-refractivity contribution in [2.75, 3.05) is 18.1 Å². The van der Waals surface area contributed by atoms with Gasteiger partial charge in [-0.25, -0.2) is 0 Å². The van der Waals surface area contributed by atoms with Crippen LogP contribution in [0.2, 0.25) is 0 Å². The van der Waals surface area contributed by atoms with E-state index in [9.17, 15) is 14.4 Å². The van der Waals surface area contributed by atoms with Gasteiger partial charge in [-0.15, -0.1) is 0 Å². The highest BCUT2D eigenvalue weighted by Crippen LogP contribution is 2.34. The highest BCUT2D eigenvalue weighted by molar-refractivity contribution is 6.01. The molecule has 1 aliphatic rings. The Hall–Kier alpha value is -3.15. The number of ether oxygens (including phenoxy) is 1. The summed E-state index contributed by atoms with van der Waals surface area (Å²) >= 11 is 0. The number of amides is 2. The van der Waals surface area contributed by atoms with Crippen molar-refractivity contribution < 1.29 is 19.1 Å². The molecule has 0 fully saturated rings. The standard InChI is InChI=1S/C22H24N2O4/c1-3-4-11-23-22(27)17-7-5-16(6-8-17)13-24-19-12-18(15(2)25)9-10-20(19)28-14-21(24)26/h5-10,12H,3-4,11,13-14H2,1-2H3,(H,23,27). The molecule has 0 bridgehead atoms. The zero-order valence-corrected chi connectivity index (χ0v) is 16.2. The number of Topliss-reactive ketones (excluding diaryl/α,β-unsaturated/α-hetero) is 1. The van der Waals surface area contributed by atoms with Gasteiger partial charge in [0.1, 0.15) is 5.75 Å². The minimum absolute atomic E-state index is 0.0374. The van der Waals surface area contributed by atoms with Gasteiger partial charge in [-0.3, -0.25) is 14.4 Å². The molecule has 0 aliphatic carbocycles. The molecule has 2 aromatic rings. The Kier molecular flexibility index (Phi) is 6.09. The molecule has 0 spiro atoms. The maximum atomic E-state index is 12.4. The molecule has 1 N–H and O–H groups in total. The highest BCUT2D eigenvalue weighted by Gasteiger charge is 2.26.